The molecule has 10 heteroatoms. The maximum atomic E-state index is 5.32. The van der Waals surface area contributed by atoms with E-state index in [4.69, 9.17) is 19.4 Å². The smallest absolute Gasteiger partial charge is 0.135 e. The maximum Gasteiger partial charge on any atom is 0.135 e. The highest BCUT2D eigenvalue weighted by Gasteiger charge is 2.10. The fraction of sp³-hybridized carbons (Fsp3) is 0.0714. The number of halogens is 6. The molecule has 0 bridgehead atoms. The number of hydrogen-bond acceptors (Lipinski definition) is 4. The van der Waals surface area contributed by atoms with Crippen LogP contribution in [0, 0.1) is 0 Å². The SMILES string of the molecule is COc1cc2cc3cc(Br)cc(Br)c3nc2cc1Br.COc1cc2nc3c(Br)cc(Br)cc3cc2cc1Br. The summed E-state index contributed by atoms with van der Waals surface area (Å²) in [5, 5.41) is 4.30. The predicted molar refractivity (Wildman–Crippen MR) is 178 cm³/mol. The molecule has 38 heavy (non-hydrogen) atoms. The number of ether oxygens (including phenoxy) is 2. The monoisotopic (exact) mass is 886 g/mol. The number of rotatable bonds is 2. The van der Waals surface area contributed by atoms with Gasteiger partial charge >= 0.3 is 0 Å². The third-order valence-electron chi connectivity index (χ3n) is 5.80. The zero-order chi connectivity index (χ0) is 27.1. The van der Waals surface area contributed by atoms with Gasteiger partial charge in [0.05, 0.1) is 45.2 Å². The van der Waals surface area contributed by atoms with Crippen molar-refractivity contribution < 1.29 is 9.47 Å². The van der Waals surface area contributed by atoms with E-state index in [0.29, 0.717) is 0 Å². The van der Waals surface area contributed by atoms with Gasteiger partial charge in [-0.3, -0.25) is 0 Å². The largest absolute Gasteiger partial charge is 0.496 e. The lowest BCUT2D eigenvalue weighted by atomic mass is 10.1. The van der Waals surface area contributed by atoms with E-state index < -0.39 is 0 Å². The van der Waals surface area contributed by atoms with Crippen LogP contribution in [0.3, 0.4) is 0 Å². The number of benzene rings is 4. The molecule has 0 saturated heterocycles. The summed E-state index contributed by atoms with van der Waals surface area (Å²) < 4.78 is 16.5. The average molecular weight is 892 g/mol. The molecule has 0 spiro atoms. The first-order chi connectivity index (χ1) is 18.2. The van der Waals surface area contributed by atoms with Gasteiger partial charge in [0, 0.05) is 45.5 Å². The van der Waals surface area contributed by atoms with Crippen molar-refractivity contribution in [2.24, 2.45) is 0 Å². The lowest BCUT2D eigenvalue weighted by Crippen LogP contribution is -1.88. The number of aromatic nitrogens is 2. The van der Waals surface area contributed by atoms with E-state index in [1.165, 1.54) is 0 Å². The van der Waals surface area contributed by atoms with E-state index in [-0.39, 0.29) is 0 Å². The lowest BCUT2D eigenvalue weighted by molar-refractivity contribution is 0.412. The minimum absolute atomic E-state index is 0.785. The lowest BCUT2D eigenvalue weighted by Gasteiger charge is -2.08. The Morgan fingerprint density at radius 2 is 0.895 bits per heavy atom. The first-order valence-corrected chi connectivity index (χ1v) is 15.8. The van der Waals surface area contributed by atoms with E-state index in [1.54, 1.807) is 14.2 Å². The summed E-state index contributed by atoms with van der Waals surface area (Å²) in [5.74, 6) is 1.59. The summed E-state index contributed by atoms with van der Waals surface area (Å²) in [6.07, 6.45) is 0. The van der Waals surface area contributed by atoms with Crippen molar-refractivity contribution in [2.75, 3.05) is 14.2 Å². The number of hydrogen-bond donors (Lipinski definition) is 0. The molecular weight excluding hydrogens is 876 g/mol. The van der Waals surface area contributed by atoms with Gasteiger partial charge in [-0.25, -0.2) is 9.97 Å². The molecule has 6 rings (SSSR count). The minimum atomic E-state index is 0.785. The van der Waals surface area contributed by atoms with Crippen molar-refractivity contribution in [1.29, 1.82) is 0 Å². The summed E-state index contributed by atoms with van der Waals surface area (Å²) in [6.45, 7) is 0. The molecule has 192 valence electrons. The van der Waals surface area contributed by atoms with Gasteiger partial charge in [-0.1, -0.05) is 31.9 Å². The molecule has 0 amide bonds. The fourth-order valence-corrected chi connectivity index (χ4v) is 7.77. The molecule has 0 aliphatic carbocycles. The van der Waals surface area contributed by atoms with Crippen LogP contribution in [0.4, 0.5) is 0 Å². The van der Waals surface area contributed by atoms with E-state index in [1.807, 2.05) is 36.4 Å². The highest BCUT2D eigenvalue weighted by Crippen LogP contribution is 2.35. The van der Waals surface area contributed by atoms with Crippen molar-refractivity contribution >= 4 is 139 Å². The van der Waals surface area contributed by atoms with Gasteiger partial charge in [0.15, 0.2) is 0 Å². The van der Waals surface area contributed by atoms with Crippen LogP contribution in [0.1, 0.15) is 0 Å². The highest BCUT2D eigenvalue weighted by atomic mass is 79.9. The Hall–Kier alpha value is -1.30. The van der Waals surface area contributed by atoms with Crippen molar-refractivity contribution in [3.05, 3.63) is 87.5 Å². The molecule has 0 fully saturated rings. The first-order valence-electron chi connectivity index (χ1n) is 11.0. The quantitative estimate of drug-likeness (QED) is 0.163. The van der Waals surface area contributed by atoms with Crippen LogP contribution >= 0.6 is 95.6 Å². The molecule has 0 aliphatic rings. The summed E-state index contributed by atoms with van der Waals surface area (Å²) in [6, 6.07) is 20.3. The molecule has 6 aromatic rings. The molecule has 2 aromatic heterocycles. The number of fused-ring (bicyclic) bond motifs is 4. The molecule has 0 saturated carbocycles. The summed E-state index contributed by atoms with van der Waals surface area (Å²) in [5.41, 5.74) is 3.74. The zero-order valence-corrected chi connectivity index (χ0v) is 29.3. The molecule has 0 atom stereocenters. The summed E-state index contributed by atoms with van der Waals surface area (Å²) >= 11 is 21.1. The normalized spacial score (nSPS) is 11.2. The molecule has 4 nitrogen and oxygen atoms in total. The molecule has 0 N–H and O–H groups in total. The molecular formula is C28H16Br6N2O2. The van der Waals surface area contributed by atoms with Crippen molar-refractivity contribution in [3.63, 3.8) is 0 Å². The molecule has 0 aliphatic heterocycles. The van der Waals surface area contributed by atoms with Gasteiger partial charge in [-0.15, -0.1) is 0 Å². The second kappa shape index (κ2) is 11.7. The predicted octanol–water partition coefficient (Wildman–Crippen LogP) is 11.4. The van der Waals surface area contributed by atoms with Crippen LogP contribution in [-0.2, 0) is 0 Å². The van der Waals surface area contributed by atoms with Crippen LogP contribution in [0.15, 0.2) is 87.5 Å². The van der Waals surface area contributed by atoms with Gasteiger partial charge in [0.25, 0.3) is 0 Å². The van der Waals surface area contributed by atoms with Crippen molar-refractivity contribution in [2.45, 2.75) is 0 Å². The van der Waals surface area contributed by atoms with Gasteiger partial charge < -0.3 is 9.47 Å². The van der Waals surface area contributed by atoms with Crippen LogP contribution in [-0.4, -0.2) is 24.2 Å². The Morgan fingerprint density at radius 1 is 0.447 bits per heavy atom. The second-order valence-electron chi connectivity index (χ2n) is 8.25. The third kappa shape index (κ3) is 5.76. The highest BCUT2D eigenvalue weighted by molar-refractivity contribution is 9.11. The third-order valence-corrected chi connectivity index (χ3v) is 9.17. The van der Waals surface area contributed by atoms with Crippen LogP contribution in [0.2, 0.25) is 0 Å². The second-order valence-corrected chi connectivity index (χ2v) is 13.5. The van der Waals surface area contributed by atoms with Crippen LogP contribution in [0.25, 0.3) is 43.6 Å². The Balaban J connectivity index is 0.000000155. The number of methoxy groups -OCH3 is 2. The summed E-state index contributed by atoms with van der Waals surface area (Å²) in [4.78, 5) is 9.40. The maximum absolute atomic E-state index is 5.32. The number of pyridine rings is 2. The molecule has 0 unspecified atom stereocenters. The van der Waals surface area contributed by atoms with Gasteiger partial charge in [-0.2, -0.15) is 0 Å². The topological polar surface area (TPSA) is 44.2 Å². The molecule has 0 radical (unpaired) electrons. The van der Waals surface area contributed by atoms with Gasteiger partial charge in [-0.05, 0) is 118 Å². The average Bonchev–Trinajstić information content (AvgIpc) is 2.86. The van der Waals surface area contributed by atoms with E-state index in [9.17, 15) is 0 Å². The summed E-state index contributed by atoms with van der Waals surface area (Å²) in [7, 11) is 3.31. The Bertz CT molecular complexity index is 1880. The zero-order valence-electron chi connectivity index (χ0n) is 19.8. The van der Waals surface area contributed by atoms with E-state index in [2.05, 4.69) is 120 Å². The molecule has 2 heterocycles. The standard InChI is InChI=1S/2C14H8Br3NO/c1-19-13-4-7-2-8-3-9(15)5-11(17)14(8)18-12(7)6-10(13)16;1-19-13-6-12-7(4-10(13)16)2-8-3-9(15)5-11(17)14(8)18-12/h2*2-6H,1H3. The Labute approximate surface area is 269 Å². The van der Waals surface area contributed by atoms with Crippen molar-refractivity contribution in [3.8, 4) is 11.5 Å². The first kappa shape index (κ1) is 28.2. The fourth-order valence-electron chi connectivity index (χ4n) is 4.06. The van der Waals surface area contributed by atoms with E-state index in [0.717, 1.165) is 81.9 Å². The van der Waals surface area contributed by atoms with Crippen molar-refractivity contribution in [1.82, 2.24) is 9.97 Å². The molecule has 4 aromatic carbocycles. The van der Waals surface area contributed by atoms with Crippen LogP contribution in [0.5, 0.6) is 11.5 Å². The van der Waals surface area contributed by atoms with E-state index >= 15 is 0 Å². The van der Waals surface area contributed by atoms with Gasteiger partial charge in [0.2, 0.25) is 0 Å². The van der Waals surface area contributed by atoms with Crippen LogP contribution < -0.4 is 9.47 Å². The van der Waals surface area contributed by atoms with Gasteiger partial charge in [0.1, 0.15) is 11.5 Å². The minimum Gasteiger partial charge on any atom is -0.496 e. The Morgan fingerprint density at radius 3 is 1.42 bits per heavy atom. The Kier molecular flexibility index (Phi) is 8.67. The number of nitrogens with zero attached hydrogens (tertiary/aromatic N) is 2.